The maximum atomic E-state index is 11.7. The van der Waals surface area contributed by atoms with Gasteiger partial charge in [-0.3, -0.25) is 9.69 Å². The van der Waals surface area contributed by atoms with E-state index in [-0.39, 0.29) is 12.5 Å². The second-order valence-electron chi connectivity index (χ2n) is 5.85. The van der Waals surface area contributed by atoms with E-state index in [9.17, 15) is 4.79 Å². The lowest BCUT2D eigenvalue weighted by Crippen LogP contribution is -2.33. The van der Waals surface area contributed by atoms with Crippen molar-refractivity contribution in [1.82, 2.24) is 15.1 Å². The van der Waals surface area contributed by atoms with E-state index < -0.39 is 0 Å². The van der Waals surface area contributed by atoms with Gasteiger partial charge in [0.25, 0.3) is 0 Å². The van der Waals surface area contributed by atoms with Gasteiger partial charge in [0.2, 0.25) is 11.8 Å². The number of carbonyl (C=O) groups excluding carboxylic acids is 1. The van der Waals surface area contributed by atoms with Crippen LogP contribution in [0.3, 0.4) is 0 Å². The average molecular weight is 352 g/mol. The Labute approximate surface area is 146 Å². The van der Waals surface area contributed by atoms with Crippen molar-refractivity contribution in [3.05, 3.63) is 35.2 Å². The SMILES string of the molecule is CCOC(=O)CN(Cc1nnc(-c2ccccc2Cl)o1)CC(C)C. The Bertz CT molecular complexity index is 673. The normalized spacial score (nSPS) is 11.2. The highest BCUT2D eigenvalue weighted by atomic mass is 35.5. The van der Waals surface area contributed by atoms with Crippen molar-refractivity contribution >= 4 is 17.6 Å². The standard InChI is InChI=1S/C17H22ClN3O3/c1-4-23-16(22)11-21(9-12(2)3)10-15-19-20-17(24-15)13-7-5-6-8-14(13)18/h5-8,12H,4,9-11H2,1-3H3. The van der Waals surface area contributed by atoms with E-state index in [4.69, 9.17) is 20.8 Å². The highest BCUT2D eigenvalue weighted by molar-refractivity contribution is 6.33. The molecule has 2 rings (SSSR count). The Morgan fingerprint density at radius 1 is 1.33 bits per heavy atom. The van der Waals surface area contributed by atoms with E-state index in [2.05, 4.69) is 24.0 Å². The van der Waals surface area contributed by atoms with Gasteiger partial charge in [-0.1, -0.05) is 37.6 Å². The predicted molar refractivity (Wildman–Crippen MR) is 91.5 cm³/mol. The third kappa shape index (κ3) is 5.32. The topological polar surface area (TPSA) is 68.5 Å². The maximum Gasteiger partial charge on any atom is 0.320 e. The van der Waals surface area contributed by atoms with Crippen molar-refractivity contribution in [2.75, 3.05) is 19.7 Å². The average Bonchev–Trinajstić information content (AvgIpc) is 2.95. The van der Waals surface area contributed by atoms with Crippen molar-refractivity contribution in [2.45, 2.75) is 27.3 Å². The summed E-state index contributed by atoms with van der Waals surface area (Å²) in [6.45, 7) is 7.62. The quantitative estimate of drug-likeness (QED) is 0.679. The molecule has 1 aromatic carbocycles. The molecule has 130 valence electrons. The molecule has 1 aromatic heterocycles. The number of rotatable bonds is 8. The Hall–Kier alpha value is -1.92. The number of carbonyl (C=O) groups is 1. The van der Waals surface area contributed by atoms with Gasteiger partial charge >= 0.3 is 5.97 Å². The minimum atomic E-state index is -0.260. The van der Waals surface area contributed by atoms with Gasteiger partial charge in [0.15, 0.2) is 0 Å². The van der Waals surface area contributed by atoms with E-state index in [0.717, 1.165) is 6.54 Å². The monoisotopic (exact) mass is 351 g/mol. The van der Waals surface area contributed by atoms with Crippen LogP contribution in [0.1, 0.15) is 26.7 Å². The molecular weight excluding hydrogens is 330 g/mol. The molecule has 0 amide bonds. The Balaban J connectivity index is 2.09. The largest absolute Gasteiger partial charge is 0.465 e. The fourth-order valence-corrected chi connectivity index (χ4v) is 2.56. The second-order valence-corrected chi connectivity index (χ2v) is 6.26. The number of aromatic nitrogens is 2. The summed E-state index contributed by atoms with van der Waals surface area (Å²) < 4.78 is 10.7. The number of hydrogen-bond acceptors (Lipinski definition) is 6. The van der Waals surface area contributed by atoms with Crippen molar-refractivity contribution in [2.24, 2.45) is 5.92 Å². The van der Waals surface area contributed by atoms with Crippen LogP contribution in [-0.4, -0.2) is 40.8 Å². The Morgan fingerprint density at radius 3 is 2.75 bits per heavy atom. The molecular formula is C17H22ClN3O3. The summed E-state index contributed by atoms with van der Waals surface area (Å²) in [6.07, 6.45) is 0. The van der Waals surface area contributed by atoms with Crippen LogP contribution in [0.4, 0.5) is 0 Å². The van der Waals surface area contributed by atoms with Crippen LogP contribution in [-0.2, 0) is 16.1 Å². The van der Waals surface area contributed by atoms with E-state index in [1.165, 1.54) is 0 Å². The molecule has 0 bridgehead atoms. The number of hydrogen-bond donors (Lipinski definition) is 0. The lowest BCUT2D eigenvalue weighted by atomic mass is 10.2. The molecule has 0 spiro atoms. The van der Waals surface area contributed by atoms with Crippen molar-refractivity contribution in [3.8, 4) is 11.5 Å². The maximum absolute atomic E-state index is 11.7. The van der Waals surface area contributed by atoms with Gasteiger partial charge in [-0.25, -0.2) is 0 Å². The smallest absolute Gasteiger partial charge is 0.320 e. The lowest BCUT2D eigenvalue weighted by Gasteiger charge is -2.21. The highest BCUT2D eigenvalue weighted by Gasteiger charge is 2.18. The van der Waals surface area contributed by atoms with Crippen LogP contribution in [0.25, 0.3) is 11.5 Å². The summed E-state index contributed by atoms with van der Waals surface area (Å²) in [7, 11) is 0. The number of benzene rings is 1. The van der Waals surface area contributed by atoms with Crippen LogP contribution in [0.2, 0.25) is 5.02 Å². The number of esters is 1. The van der Waals surface area contributed by atoms with Gasteiger partial charge in [0.1, 0.15) is 0 Å². The fraction of sp³-hybridized carbons (Fsp3) is 0.471. The van der Waals surface area contributed by atoms with E-state index in [1.807, 2.05) is 23.1 Å². The van der Waals surface area contributed by atoms with Gasteiger partial charge in [-0.2, -0.15) is 0 Å². The summed E-state index contributed by atoms with van der Waals surface area (Å²) in [5.41, 5.74) is 0.693. The summed E-state index contributed by atoms with van der Waals surface area (Å²) in [4.78, 5) is 13.7. The molecule has 0 aliphatic carbocycles. The van der Waals surface area contributed by atoms with E-state index in [0.29, 0.717) is 41.4 Å². The van der Waals surface area contributed by atoms with Crippen LogP contribution < -0.4 is 0 Å². The third-order valence-corrected chi connectivity index (χ3v) is 3.54. The van der Waals surface area contributed by atoms with E-state index in [1.54, 1.807) is 13.0 Å². The van der Waals surface area contributed by atoms with Crippen LogP contribution in [0, 0.1) is 5.92 Å². The molecule has 0 N–H and O–H groups in total. The molecule has 1 heterocycles. The zero-order valence-corrected chi connectivity index (χ0v) is 14.9. The van der Waals surface area contributed by atoms with E-state index >= 15 is 0 Å². The van der Waals surface area contributed by atoms with Crippen molar-refractivity contribution in [3.63, 3.8) is 0 Å². The number of ether oxygens (including phenoxy) is 1. The number of nitrogens with zero attached hydrogens (tertiary/aromatic N) is 3. The predicted octanol–water partition coefficient (Wildman–Crippen LogP) is 3.41. The molecule has 0 unspecified atom stereocenters. The lowest BCUT2D eigenvalue weighted by molar-refractivity contribution is -0.144. The van der Waals surface area contributed by atoms with Crippen molar-refractivity contribution < 1.29 is 13.9 Å². The molecule has 0 saturated carbocycles. The van der Waals surface area contributed by atoms with Gasteiger partial charge in [-0.05, 0) is 25.0 Å². The third-order valence-electron chi connectivity index (χ3n) is 3.21. The van der Waals surface area contributed by atoms with Gasteiger partial charge < -0.3 is 9.15 Å². The molecule has 0 atom stereocenters. The zero-order valence-electron chi connectivity index (χ0n) is 14.2. The highest BCUT2D eigenvalue weighted by Crippen LogP contribution is 2.26. The first-order valence-corrected chi connectivity index (χ1v) is 8.32. The summed E-state index contributed by atoms with van der Waals surface area (Å²) in [6, 6.07) is 7.29. The summed E-state index contributed by atoms with van der Waals surface area (Å²) in [5.74, 6) is 0.945. The van der Waals surface area contributed by atoms with Gasteiger partial charge in [0.05, 0.1) is 30.3 Å². The van der Waals surface area contributed by atoms with Crippen LogP contribution in [0.15, 0.2) is 28.7 Å². The zero-order chi connectivity index (χ0) is 17.5. The second kappa shape index (κ2) is 8.80. The summed E-state index contributed by atoms with van der Waals surface area (Å²) >= 11 is 6.15. The minimum Gasteiger partial charge on any atom is -0.465 e. The minimum absolute atomic E-state index is 0.190. The summed E-state index contributed by atoms with van der Waals surface area (Å²) in [5, 5.41) is 8.67. The first-order chi connectivity index (χ1) is 11.5. The molecule has 0 aliphatic rings. The Morgan fingerprint density at radius 2 is 2.08 bits per heavy atom. The molecule has 7 heteroatoms. The first-order valence-electron chi connectivity index (χ1n) is 7.94. The van der Waals surface area contributed by atoms with Gasteiger partial charge in [-0.15, -0.1) is 10.2 Å². The fourth-order valence-electron chi connectivity index (χ4n) is 2.34. The first kappa shape index (κ1) is 18.4. The molecule has 0 fully saturated rings. The van der Waals surface area contributed by atoms with Gasteiger partial charge in [0, 0.05) is 6.54 Å². The van der Waals surface area contributed by atoms with Crippen LogP contribution >= 0.6 is 11.6 Å². The molecule has 0 aliphatic heterocycles. The van der Waals surface area contributed by atoms with Crippen LogP contribution in [0.5, 0.6) is 0 Å². The molecule has 0 radical (unpaired) electrons. The number of halogens is 1. The Kier molecular flexibility index (Phi) is 6.75. The molecule has 6 nitrogen and oxygen atoms in total. The molecule has 0 saturated heterocycles. The molecule has 2 aromatic rings. The van der Waals surface area contributed by atoms with Crippen molar-refractivity contribution in [1.29, 1.82) is 0 Å². The molecule has 24 heavy (non-hydrogen) atoms.